The van der Waals surface area contributed by atoms with Crippen molar-refractivity contribution < 1.29 is 4.79 Å². The van der Waals surface area contributed by atoms with E-state index in [0.717, 1.165) is 5.69 Å². The van der Waals surface area contributed by atoms with E-state index in [4.69, 9.17) is 0 Å². The zero-order valence-electron chi connectivity index (χ0n) is 13.4. The molecule has 0 saturated heterocycles. The van der Waals surface area contributed by atoms with Crippen LogP contribution in [0.4, 0.5) is 5.13 Å². The van der Waals surface area contributed by atoms with Crippen LogP contribution in [0.2, 0.25) is 0 Å². The van der Waals surface area contributed by atoms with Gasteiger partial charge in [-0.3, -0.25) is 9.59 Å². The molecule has 1 aromatic carbocycles. The van der Waals surface area contributed by atoms with E-state index >= 15 is 0 Å². The van der Waals surface area contributed by atoms with Crippen molar-refractivity contribution in [3.63, 3.8) is 0 Å². The van der Waals surface area contributed by atoms with Crippen LogP contribution < -0.4 is 10.9 Å². The second-order valence-corrected chi connectivity index (χ2v) is 6.52. The van der Waals surface area contributed by atoms with Gasteiger partial charge < -0.3 is 5.32 Å². The summed E-state index contributed by atoms with van der Waals surface area (Å²) in [5, 5.41) is 13.6. The minimum absolute atomic E-state index is 0.128. The van der Waals surface area contributed by atoms with Crippen LogP contribution in [-0.2, 0) is 11.3 Å². The molecular weight excluding hydrogens is 326 g/mol. The summed E-state index contributed by atoms with van der Waals surface area (Å²) in [6, 6.07) is 7.01. The van der Waals surface area contributed by atoms with Gasteiger partial charge in [-0.1, -0.05) is 31.2 Å². The summed E-state index contributed by atoms with van der Waals surface area (Å²) >= 11 is 1.39. The number of carbonyl (C=O) groups excluding carboxylic acids is 1. The fourth-order valence-corrected chi connectivity index (χ4v) is 3.06. The van der Waals surface area contributed by atoms with Crippen molar-refractivity contribution in [2.75, 3.05) is 5.32 Å². The Bertz CT molecular complexity index is 931. The fourth-order valence-electron chi connectivity index (χ4n) is 2.17. The minimum atomic E-state index is -0.246. The summed E-state index contributed by atoms with van der Waals surface area (Å²) < 4.78 is 1.21. The maximum atomic E-state index is 12.3. The molecule has 7 nitrogen and oxygen atoms in total. The lowest BCUT2D eigenvalue weighted by Gasteiger charge is -2.05. The van der Waals surface area contributed by atoms with E-state index in [1.54, 1.807) is 24.3 Å². The van der Waals surface area contributed by atoms with Crippen molar-refractivity contribution in [2.45, 2.75) is 32.7 Å². The first kappa shape index (κ1) is 16.3. The molecule has 0 fully saturated rings. The molecule has 1 N–H and O–H groups in total. The minimum Gasteiger partial charge on any atom is -0.302 e. The number of hydrogen-bond acceptors (Lipinski definition) is 6. The molecule has 124 valence electrons. The first-order valence-corrected chi connectivity index (χ1v) is 8.50. The number of nitrogens with zero attached hydrogens (tertiary/aromatic N) is 4. The van der Waals surface area contributed by atoms with E-state index in [0.29, 0.717) is 22.0 Å². The van der Waals surface area contributed by atoms with Crippen LogP contribution in [0.25, 0.3) is 10.9 Å². The molecule has 3 rings (SSSR count). The Morgan fingerprint density at radius 2 is 2.12 bits per heavy atom. The van der Waals surface area contributed by atoms with Gasteiger partial charge in [0.2, 0.25) is 5.91 Å². The first-order valence-electron chi connectivity index (χ1n) is 7.62. The molecule has 1 amide bonds. The molecule has 0 aliphatic rings. The topological polar surface area (TPSA) is 89.8 Å². The molecule has 2 heterocycles. The van der Waals surface area contributed by atoms with Gasteiger partial charge in [0.15, 0.2) is 5.13 Å². The average molecular weight is 343 g/mol. The Kier molecular flexibility index (Phi) is 4.66. The number of anilines is 1. The molecule has 0 unspecified atom stereocenters. The lowest BCUT2D eigenvalue weighted by molar-refractivity contribution is -0.116. The summed E-state index contributed by atoms with van der Waals surface area (Å²) in [7, 11) is 0. The van der Waals surface area contributed by atoms with E-state index in [1.807, 2.05) is 19.2 Å². The van der Waals surface area contributed by atoms with Crippen LogP contribution in [0.3, 0.4) is 0 Å². The Morgan fingerprint density at radius 3 is 2.88 bits per heavy atom. The van der Waals surface area contributed by atoms with Gasteiger partial charge in [-0.05, 0) is 18.1 Å². The molecule has 8 heteroatoms. The molecule has 0 radical (unpaired) electrons. The highest BCUT2D eigenvalue weighted by atomic mass is 32.1. The van der Waals surface area contributed by atoms with E-state index < -0.39 is 0 Å². The van der Waals surface area contributed by atoms with Crippen molar-refractivity contribution in [1.29, 1.82) is 0 Å². The quantitative estimate of drug-likeness (QED) is 0.768. The molecule has 3 aromatic rings. The Balaban J connectivity index is 1.66. The van der Waals surface area contributed by atoms with Gasteiger partial charge in [-0.25, -0.2) is 9.67 Å². The highest BCUT2D eigenvalue weighted by molar-refractivity contribution is 7.13. The second kappa shape index (κ2) is 6.88. The molecule has 0 spiro atoms. The predicted molar refractivity (Wildman–Crippen MR) is 93.2 cm³/mol. The third-order valence-corrected chi connectivity index (χ3v) is 4.32. The van der Waals surface area contributed by atoms with Crippen molar-refractivity contribution in [1.82, 2.24) is 20.0 Å². The Hall–Kier alpha value is -2.61. The van der Waals surface area contributed by atoms with Crippen molar-refractivity contribution in [3.8, 4) is 0 Å². The molecule has 0 saturated carbocycles. The number of nitrogens with one attached hydrogen (secondary N) is 1. The number of thiazole rings is 1. The predicted octanol–water partition coefficient (Wildman–Crippen LogP) is 2.40. The lowest BCUT2D eigenvalue weighted by atomic mass is 10.2. The number of aromatic nitrogens is 4. The number of carbonyl (C=O) groups is 1. The summed E-state index contributed by atoms with van der Waals surface area (Å²) in [6.45, 7) is 4.27. The average Bonchev–Trinajstić information content (AvgIpc) is 3.03. The van der Waals surface area contributed by atoms with Gasteiger partial charge in [0, 0.05) is 11.8 Å². The monoisotopic (exact) mass is 343 g/mol. The first-order chi connectivity index (χ1) is 11.5. The molecule has 0 bridgehead atoms. The van der Waals surface area contributed by atoms with Crippen LogP contribution in [0.1, 0.15) is 31.9 Å². The van der Waals surface area contributed by atoms with Gasteiger partial charge in [0.1, 0.15) is 5.52 Å². The number of benzene rings is 1. The van der Waals surface area contributed by atoms with Crippen LogP contribution in [0, 0.1) is 0 Å². The standard InChI is InChI=1S/C16H17N5O2S/c1-10(2)13-9-24-16(17-13)18-14(22)7-8-21-15(23)11-5-3-4-6-12(11)19-20-21/h3-6,9-10H,7-8H2,1-2H3,(H,17,18,22). The fraction of sp³-hybridized carbons (Fsp3) is 0.312. The zero-order valence-corrected chi connectivity index (χ0v) is 14.2. The van der Waals surface area contributed by atoms with Crippen molar-refractivity contribution in [3.05, 3.63) is 45.7 Å². The summed E-state index contributed by atoms with van der Waals surface area (Å²) in [5.74, 6) is 0.111. The van der Waals surface area contributed by atoms with Gasteiger partial charge >= 0.3 is 0 Å². The summed E-state index contributed by atoms with van der Waals surface area (Å²) in [5.41, 5.74) is 1.25. The normalized spacial score (nSPS) is 11.1. The van der Waals surface area contributed by atoms with Crippen molar-refractivity contribution >= 4 is 33.3 Å². The Morgan fingerprint density at radius 1 is 1.33 bits per heavy atom. The summed E-state index contributed by atoms with van der Waals surface area (Å²) in [6.07, 6.45) is 0.128. The smallest absolute Gasteiger partial charge is 0.277 e. The largest absolute Gasteiger partial charge is 0.302 e. The van der Waals surface area contributed by atoms with Gasteiger partial charge in [0.25, 0.3) is 5.56 Å². The van der Waals surface area contributed by atoms with Crippen LogP contribution >= 0.6 is 11.3 Å². The Labute approximate surface area is 142 Å². The molecular formula is C16H17N5O2S. The highest BCUT2D eigenvalue weighted by Gasteiger charge is 2.10. The SMILES string of the molecule is CC(C)c1csc(NC(=O)CCn2nnc3ccccc3c2=O)n1. The molecule has 0 aliphatic heterocycles. The van der Waals surface area contributed by atoms with E-state index in [2.05, 4.69) is 20.6 Å². The number of amides is 1. The highest BCUT2D eigenvalue weighted by Crippen LogP contribution is 2.21. The zero-order chi connectivity index (χ0) is 17.1. The van der Waals surface area contributed by atoms with E-state index in [1.165, 1.54) is 16.0 Å². The van der Waals surface area contributed by atoms with Crippen LogP contribution in [-0.4, -0.2) is 25.9 Å². The molecule has 2 aromatic heterocycles. The maximum absolute atomic E-state index is 12.3. The van der Waals surface area contributed by atoms with E-state index in [-0.39, 0.29) is 24.4 Å². The third kappa shape index (κ3) is 3.48. The van der Waals surface area contributed by atoms with Gasteiger partial charge in [0.05, 0.1) is 17.6 Å². The number of fused-ring (bicyclic) bond motifs is 1. The van der Waals surface area contributed by atoms with Crippen molar-refractivity contribution in [2.24, 2.45) is 0 Å². The second-order valence-electron chi connectivity index (χ2n) is 5.67. The summed E-state index contributed by atoms with van der Waals surface area (Å²) in [4.78, 5) is 28.7. The lowest BCUT2D eigenvalue weighted by Crippen LogP contribution is -2.26. The number of hydrogen-bond donors (Lipinski definition) is 1. The third-order valence-electron chi connectivity index (χ3n) is 3.54. The molecule has 24 heavy (non-hydrogen) atoms. The van der Waals surface area contributed by atoms with Crippen LogP contribution in [0.5, 0.6) is 0 Å². The molecule has 0 aliphatic carbocycles. The van der Waals surface area contributed by atoms with E-state index in [9.17, 15) is 9.59 Å². The van der Waals surface area contributed by atoms with Gasteiger partial charge in [-0.15, -0.1) is 16.4 Å². The maximum Gasteiger partial charge on any atom is 0.277 e. The van der Waals surface area contributed by atoms with Crippen LogP contribution in [0.15, 0.2) is 34.4 Å². The number of rotatable bonds is 5. The molecule has 0 atom stereocenters. The number of aryl methyl sites for hydroxylation is 1. The van der Waals surface area contributed by atoms with Gasteiger partial charge in [-0.2, -0.15) is 0 Å².